The maximum atomic E-state index is 13.4. The molecule has 0 atom stereocenters. The van der Waals surface area contributed by atoms with E-state index in [1.54, 1.807) is 24.4 Å². The van der Waals surface area contributed by atoms with Crippen LogP contribution in [0.15, 0.2) is 42.6 Å². The van der Waals surface area contributed by atoms with Crippen LogP contribution in [0.3, 0.4) is 0 Å². The lowest BCUT2D eigenvalue weighted by atomic mass is 10.1. The highest BCUT2D eigenvalue weighted by Gasteiger charge is 2.15. The minimum absolute atomic E-state index is 0.174. The van der Waals surface area contributed by atoms with Crippen LogP contribution in [0, 0.1) is 5.82 Å². The molecule has 18 heavy (non-hydrogen) atoms. The van der Waals surface area contributed by atoms with E-state index in [0.29, 0.717) is 5.69 Å². The van der Waals surface area contributed by atoms with Crippen molar-refractivity contribution < 1.29 is 14.3 Å². The quantitative estimate of drug-likeness (QED) is 0.868. The summed E-state index contributed by atoms with van der Waals surface area (Å²) < 4.78 is 13.4. The first kappa shape index (κ1) is 12.0. The van der Waals surface area contributed by atoms with Gasteiger partial charge in [-0.3, -0.25) is 9.78 Å². The van der Waals surface area contributed by atoms with E-state index in [9.17, 15) is 14.3 Å². The third kappa shape index (κ3) is 2.63. The number of carbonyl (C=O) groups excluding carboxylic acids is 1. The standard InChI is InChI=1S/C13H11FN2O2/c14-10-5-3-6-11(17)12(10)13(18)16-8-9-4-1-2-7-15-9/h1-7,17H,8H2,(H,16,18). The minimum atomic E-state index is -0.756. The number of nitrogens with zero attached hydrogens (tertiary/aromatic N) is 1. The second-order valence-electron chi connectivity index (χ2n) is 3.64. The molecule has 5 heteroatoms. The van der Waals surface area contributed by atoms with Crippen molar-refractivity contribution in [2.24, 2.45) is 0 Å². The SMILES string of the molecule is O=C(NCc1ccccn1)c1c(O)cccc1F. The largest absolute Gasteiger partial charge is 0.507 e. The van der Waals surface area contributed by atoms with Crippen molar-refractivity contribution in [3.8, 4) is 5.75 Å². The number of benzene rings is 1. The highest BCUT2D eigenvalue weighted by Crippen LogP contribution is 2.19. The molecule has 0 saturated heterocycles. The van der Waals surface area contributed by atoms with E-state index in [2.05, 4.69) is 10.3 Å². The van der Waals surface area contributed by atoms with Crippen molar-refractivity contribution >= 4 is 5.91 Å². The third-order valence-corrected chi connectivity index (χ3v) is 2.37. The van der Waals surface area contributed by atoms with Crippen LogP contribution < -0.4 is 5.32 Å². The van der Waals surface area contributed by atoms with Gasteiger partial charge in [0, 0.05) is 6.20 Å². The fourth-order valence-corrected chi connectivity index (χ4v) is 1.50. The molecule has 4 nitrogen and oxygen atoms in total. The Morgan fingerprint density at radius 1 is 1.28 bits per heavy atom. The molecule has 1 heterocycles. The molecule has 2 aromatic rings. The zero-order valence-electron chi connectivity index (χ0n) is 9.43. The molecule has 0 aliphatic heterocycles. The first-order chi connectivity index (χ1) is 8.68. The maximum absolute atomic E-state index is 13.4. The number of rotatable bonds is 3. The molecule has 0 aliphatic rings. The number of phenols is 1. The zero-order chi connectivity index (χ0) is 13.0. The number of carbonyl (C=O) groups is 1. The summed E-state index contributed by atoms with van der Waals surface area (Å²) >= 11 is 0. The lowest BCUT2D eigenvalue weighted by molar-refractivity contribution is 0.0943. The summed E-state index contributed by atoms with van der Waals surface area (Å²) in [6, 6.07) is 9.00. The Hall–Kier alpha value is -2.43. The van der Waals surface area contributed by atoms with Crippen molar-refractivity contribution in [1.82, 2.24) is 10.3 Å². The van der Waals surface area contributed by atoms with Crippen LogP contribution in [0.4, 0.5) is 4.39 Å². The number of hydrogen-bond donors (Lipinski definition) is 2. The van der Waals surface area contributed by atoms with Crippen molar-refractivity contribution in [2.45, 2.75) is 6.54 Å². The van der Waals surface area contributed by atoms with E-state index in [1.807, 2.05) is 0 Å². The van der Waals surface area contributed by atoms with Gasteiger partial charge < -0.3 is 10.4 Å². The number of nitrogens with one attached hydrogen (secondary N) is 1. The van der Waals surface area contributed by atoms with Gasteiger partial charge in [-0.25, -0.2) is 4.39 Å². The average molecular weight is 246 g/mol. The van der Waals surface area contributed by atoms with Crippen LogP contribution in [-0.2, 0) is 6.54 Å². The minimum Gasteiger partial charge on any atom is -0.507 e. The molecular formula is C13H11FN2O2. The molecule has 0 unspecified atom stereocenters. The molecular weight excluding hydrogens is 235 g/mol. The van der Waals surface area contributed by atoms with Gasteiger partial charge in [0.25, 0.3) is 5.91 Å². The molecule has 0 bridgehead atoms. The zero-order valence-corrected chi connectivity index (χ0v) is 9.43. The van der Waals surface area contributed by atoms with Crippen molar-refractivity contribution in [1.29, 1.82) is 0 Å². The van der Waals surface area contributed by atoms with Gasteiger partial charge >= 0.3 is 0 Å². The number of amides is 1. The Morgan fingerprint density at radius 3 is 2.78 bits per heavy atom. The molecule has 0 radical (unpaired) electrons. The topological polar surface area (TPSA) is 62.2 Å². The van der Waals surface area contributed by atoms with Gasteiger partial charge in [0.05, 0.1) is 12.2 Å². The Bertz CT molecular complexity index is 538. The van der Waals surface area contributed by atoms with Crippen molar-refractivity contribution in [3.63, 3.8) is 0 Å². The molecule has 2 N–H and O–H groups in total. The summed E-state index contributed by atoms with van der Waals surface area (Å²) in [6.45, 7) is 0.174. The molecule has 1 amide bonds. The number of pyridine rings is 1. The summed E-state index contributed by atoms with van der Waals surface area (Å²) in [5.74, 6) is -1.81. The van der Waals surface area contributed by atoms with Crippen LogP contribution in [0.2, 0.25) is 0 Å². The first-order valence-corrected chi connectivity index (χ1v) is 5.34. The number of aromatic nitrogens is 1. The number of phenolic OH excluding ortho intramolecular Hbond substituents is 1. The number of aromatic hydroxyl groups is 1. The smallest absolute Gasteiger partial charge is 0.258 e. The summed E-state index contributed by atoms with van der Waals surface area (Å²) in [5, 5.41) is 11.9. The van der Waals surface area contributed by atoms with Gasteiger partial charge in [-0.1, -0.05) is 12.1 Å². The second kappa shape index (κ2) is 5.27. The monoisotopic (exact) mass is 246 g/mol. The normalized spacial score (nSPS) is 10.1. The second-order valence-corrected chi connectivity index (χ2v) is 3.64. The van der Waals surface area contributed by atoms with E-state index in [4.69, 9.17) is 0 Å². The number of hydrogen-bond acceptors (Lipinski definition) is 3. The Morgan fingerprint density at radius 2 is 2.11 bits per heavy atom. The van der Waals surface area contributed by atoms with Gasteiger partial charge in [0.2, 0.25) is 0 Å². The predicted molar refractivity (Wildman–Crippen MR) is 63.5 cm³/mol. The third-order valence-electron chi connectivity index (χ3n) is 2.37. The molecule has 1 aromatic carbocycles. The Kier molecular flexibility index (Phi) is 3.52. The lowest BCUT2D eigenvalue weighted by Crippen LogP contribution is -2.24. The van der Waals surface area contributed by atoms with Gasteiger partial charge in [0.1, 0.15) is 17.1 Å². The van der Waals surface area contributed by atoms with Gasteiger partial charge in [-0.05, 0) is 24.3 Å². The van der Waals surface area contributed by atoms with E-state index in [0.717, 1.165) is 6.07 Å². The molecule has 0 saturated carbocycles. The molecule has 92 valence electrons. The number of halogens is 1. The summed E-state index contributed by atoms with van der Waals surface area (Å²) in [6.07, 6.45) is 1.60. The highest BCUT2D eigenvalue weighted by molar-refractivity contribution is 5.96. The Labute approximate surface area is 103 Å². The predicted octanol–water partition coefficient (Wildman–Crippen LogP) is 1.86. The molecule has 2 rings (SSSR count). The maximum Gasteiger partial charge on any atom is 0.258 e. The summed E-state index contributed by atoms with van der Waals surface area (Å²) in [7, 11) is 0. The molecule has 0 fully saturated rings. The van der Waals surface area contributed by atoms with E-state index in [1.165, 1.54) is 12.1 Å². The molecule has 0 spiro atoms. The van der Waals surface area contributed by atoms with Crippen molar-refractivity contribution in [3.05, 3.63) is 59.7 Å². The van der Waals surface area contributed by atoms with Gasteiger partial charge in [0.15, 0.2) is 0 Å². The van der Waals surface area contributed by atoms with E-state index >= 15 is 0 Å². The summed E-state index contributed by atoms with van der Waals surface area (Å²) in [4.78, 5) is 15.7. The van der Waals surface area contributed by atoms with Crippen LogP contribution in [-0.4, -0.2) is 16.0 Å². The van der Waals surface area contributed by atoms with Crippen LogP contribution in [0.25, 0.3) is 0 Å². The molecule has 0 aliphatic carbocycles. The highest BCUT2D eigenvalue weighted by atomic mass is 19.1. The summed E-state index contributed by atoms with van der Waals surface area (Å²) in [5.41, 5.74) is 0.301. The van der Waals surface area contributed by atoms with Crippen LogP contribution in [0.5, 0.6) is 5.75 Å². The fourth-order valence-electron chi connectivity index (χ4n) is 1.50. The lowest BCUT2D eigenvalue weighted by Gasteiger charge is -2.07. The van der Waals surface area contributed by atoms with Gasteiger partial charge in [-0.15, -0.1) is 0 Å². The fraction of sp³-hybridized carbons (Fsp3) is 0.0769. The van der Waals surface area contributed by atoms with E-state index in [-0.39, 0.29) is 17.9 Å². The average Bonchev–Trinajstić information content (AvgIpc) is 2.37. The van der Waals surface area contributed by atoms with Crippen molar-refractivity contribution in [2.75, 3.05) is 0 Å². The first-order valence-electron chi connectivity index (χ1n) is 5.34. The Balaban J connectivity index is 2.09. The van der Waals surface area contributed by atoms with Crippen LogP contribution >= 0.6 is 0 Å². The van der Waals surface area contributed by atoms with E-state index < -0.39 is 11.7 Å². The van der Waals surface area contributed by atoms with Crippen LogP contribution in [0.1, 0.15) is 16.1 Å². The van der Waals surface area contributed by atoms with Gasteiger partial charge in [-0.2, -0.15) is 0 Å². The molecule has 1 aromatic heterocycles.